The van der Waals surface area contributed by atoms with Crippen molar-refractivity contribution < 1.29 is 8.42 Å². The molecular weight excluding hydrogens is 246 g/mol. The molecular formula is C14H21NO2S. The highest BCUT2D eigenvalue weighted by molar-refractivity contribution is 7.88. The molecule has 0 spiro atoms. The average molecular weight is 267 g/mol. The van der Waals surface area contributed by atoms with Gasteiger partial charge in [-0.15, -0.1) is 0 Å². The molecule has 2 rings (SSSR count). The first-order valence-electron chi connectivity index (χ1n) is 6.51. The molecule has 0 aliphatic carbocycles. The summed E-state index contributed by atoms with van der Waals surface area (Å²) in [7, 11) is -3.15. The van der Waals surface area contributed by atoms with Crippen molar-refractivity contribution >= 4 is 10.0 Å². The van der Waals surface area contributed by atoms with E-state index in [9.17, 15) is 8.42 Å². The summed E-state index contributed by atoms with van der Waals surface area (Å²) < 4.78 is 26.3. The average Bonchev–Trinajstić information content (AvgIpc) is 2.32. The third kappa shape index (κ3) is 3.33. The fraction of sp³-hybridized carbons (Fsp3) is 0.571. The van der Waals surface area contributed by atoms with Crippen molar-refractivity contribution in [3.8, 4) is 0 Å². The maximum Gasteiger partial charge on any atom is 0.218 e. The lowest BCUT2D eigenvalue weighted by Crippen LogP contribution is -2.39. The zero-order chi connectivity index (χ0) is 13.2. The molecule has 18 heavy (non-hydrogen) atoms. The summed E-state index contributed by atoms with van der Waals surface area (Å²) in [5, 5.41) is 0. The van der Waals surface area contributed by atoms with E-state index in [0.29, 0.717) is 19.0 Å². The summed E-state index contributed by atoms with van der Waals surface area (Å²) in [4.78, 5) is 0. The van der Waals surface area contributed by atoms with Crippen molar-refractivity contribution in [2.24, 2.45) is 5.92 Å². The maximum atomic E-state index is 12.3. The Balaban J connectivity index is 2.09. The summed E-state index contributed by atoms with van der Waals surface area (Å²) in [6.45, 7) is 5.48. The molecule has 100 valence electrons. The van der Waals surface area contributed by atoms with Gasteiger partial charge in [0.2, 0.25) is 10.0 Å². The van der Waals surface area contributed by atoms with Gasteiger partial charge in [-0.25, -0.2) is 12.7 Å². The minimum atomic E-state index is -3.15. The van der Waals surface area contributed by atoms with E-state index in [0.717, 1.165) is 24.0 Å². The SMILES string of the molecule is Cc1ccc(CS(=O)(=O)N2CCC[C@H](C)C2)cc1. The van der Waals surface area contributed by atoms with Gasteiger partial charge in [-0.1, -0.05) is 36.8 Å². The topological polar surface area (TPSA) is 37.4 Å². The van der Waals surface area contributed by atoms with Gasteiger partial charge in [0.1, 0.15) is 0 Å². The third-order valence-corrected chi connectivity index (χ3v) is 5.30. The molecule has 1 aromatic rings. The number of hydrogen-bond donors (Lipinski definition) is 0. The lowest BCUT2D eigenvalue weighted by atomic mass is 10.0. The molecule has 3 nitrogen and oxygen atoms in total. The molecule has 4 heteroatoms. The molecule has 0 amide bonds. The van der Waals surface area contributed by atoms with E-state index in [1.54, 1.807) is 4.31 Å². The summed E-state index contributed by atoms with van der Waals surface area (Å²) in [5.74, 6) is 0.603. The summed E-state index contributed by atoms with van der Waals surface area (Å²) in [6.07, 6.45) is 2.12. The second kappa shape index (κ2) is 5.41. The van der Waals surface area contributed by atoms with Gasteiger partial charge in [0.15, 0.2) is 0 Å². The van der Waals surface area contributed by atoms with Gasteiger partial charge in [0.25, 0.3) is 0 Å². The number of aryl methyl sites for hydroxylation is 1. The van der Waals surface area contributed by atoms with Gasteiger partial charge in [0, 0.05) is 13.1 Å². The van der Waals surface area contributed by atoms with Crippen LogP contribution < -0.4 is 0 Å². The number of piperidine rings is 1. The van der Waals surface area contributed by atoms with E-state index < -0.39 is 10.0 Å². The molecule has 0 N–H and O–H groups in total. The van der Waals surface area contributed by atoms with Crippen LogP contribution in [0.4, 0.5) is 0 Å². The minimum absolute atomic E-state index is 0.125. The highest BCUT2D eigenvalue weighted by atomic mass is 32.2. The van der Waals surface area contributed by atoms with Crippen LogP contribution in [0.3, 0.4) is 0 Å². The van der Waals surface area contributed by atoms with Crippen LogP contribution in [0.25, 0.3) is 0 Å². The highest BCUT2D eigenvalue weighted by Crippen LogP contribution is 2.20. The number of sulfonamides is 1. The van der Waals surface area contributed by atoms with E-state index in [1.807, 2.05) is 31.2 Å². The van der Waals surface area contributed by atoms with Crippen molar-refractivity contribution in [3.63, 3.8) is 0 Å². The van der Waals surface area contributed by atoms with Crippen LogP contribution in [0.15, 0.2) is 24.3 Å². The van der Waals surface area contributed by atoms with E-state index in [2.05, 4.69) is 6.92 Å². The van der Waals surface area contributed by atoms with Crippen molar-refractivity contribution in [1.82, 2.24) is 4.31 Å². The van der Waals surface area contributed by atoms with E-state index in [-0.39, 0.29) is 5.75 Å². The molecule has 1 aliphatic rings. The zero-order valence-electron chi connectivity index (χ0n) is 11.1. The van der Waals surface area contributed by atoms with Crippen LogP contribution >= 0.6 is 0 Å². The number of nitrogens with zero attached hydrogens (tertiary/aromatic N) is 1. The van der Waals surface area contributed by atoms with Crippen LogP contribution in [-0.2, 0) is 15.8 Å². The molecule has 0 bridgehead atoms. The molecule has 0 aromatic heterocycles. The number of benzene rings is 1. The fourth-order valence-electron chi connectivity index (χ4n) is 2.39. The number of hydrogen-bond acceptors (Lipinski definition) is 2. The molecule has 0 radical (unpaired) electrons. The van der Waals surface area contributed by atoms with Gasteiger partial charge >= 0.3 is 0 Å². The Morgan fingerprint density at radius 2 is 1.94 bits per heavy atom. The Hall–Kier alpha value is -0.870. The normalized spacial score (nSPS) is 22.0. The second-order valence-corrected chi connectivity index (χ2v) is 7.32. The first-order valence-corrected chi connectivity index (χ1v) is 8.11. The Bertz CT molecular complexity index is 493. The predicted molar refractivity (Wildman–Crippen MR) is 73.8 cm³/mol. The quantitative estimate of drug-likeness (QED) is 0.844. The van der Waals surface area contributed by atoms with Gasteiger partial charge in [-0.05, 0) is 31.2 Å². The smallest absolute Gasteiger partial charge is 0.212 e. The van der Waals surface area contributed by atoms with E-state index in [1.165, 1.54) is 0 Å². The van der Waals surface area contributed by atoms with Crippen LogP contribution in [-0.4, -0.2) is 25.8 Å². The molecule has 1 aromatic carbocycles. The van der Waals surface area contributed by atoms with Crippen LogP contribution in [0.2, 0.25) is 0 Å². The third-order valence-electron chi connectivity index (χ3n) is 3.48. The molecule has 1 aliphatic heterocycles. The molecule has 1 fully saturated rings. The van der Waals surface area contributed by atoms with Gasteiger partial charge in [-0.2, -0.15) is 0 Å². The molecule has 1 atom stereocenters. The Morgan fingerprint density at radius 3 is 2.56 bits per heavy atom. The highest BCUT2D eigenvalue weighted by Gasteiger charge is 2.26. The summed E-state index contributed by atoms with van der Waals surface area (Å²) >= 11 is 0. The van der Waals surface area contributed by atoms with Crippen molar-refractivity contribution in [2.75, 3.05) is 13.1 Å². The standard InChI is InChI=1S/C14H21NO2S/c1-12-5-7-14(8-6-12)11-18(16,17)15-9-3-4-13(2)10-15/h5-8,13H,3-4,9-11H2,1-2H3/t13-/m0/s1. The molecule has 0 saturated carbocycles. The second-order valence-electron chi connectivity index (χ2n) is 5.35. The monoisotopic (exact) mass is 267 g/mol. The van der Waals surface area contributed by atoms with Crippen LogP contribution in [0.1, 0.15) is 30.9 Å². The molecule has 0 unspecified atom stereocenters. The fourth-order valence-corrected chi connectivity index (χ4v) is 4.07. The van der Waals surface area contributed by atoms with E-state index >= 15 is 0 Å². The first kappa shape index (κ1) is 13.6. The van der Waals surface area contributed by atoms with Crippen molar-refractivity contribution in [1.29, 1.82) is 0 Å². The lowest BCUT2D eigenvalue weighted by molar-refractivity contribution is 0.281. The maximum absolute atomic E-state index is 12.3. The largest absolute Gasteiger partial charge is 0.218 e. The van der Waals surface area contributed by atoms with E-state index in [4.69, 9.17) is 0 Å². The van der Waals surface area contributed by atoms with Crippen molar-refractivity contribution in [2.45, 2.75) is 32.4 Å². The molecule has 1 heterocycles. The zero-order valence-corrected chi connectivity index (χ0v) is 11.9. The lowest BCUT2D eigenvalue weighted by Gasteiger charge is -2.30. The summed E-state index contributed by atoms with van der Waals surface area (Å²) in [6, 6.07) is 7.73. The van der Waals surface area contributed by atoms with Gasteiger partial charge in [0.05, 0.1) is 5.75 Å². The predicted octanol–water partition coefficient (Wildman–Crippen LogP) is 2.56. The minimum Gasteiger partial charge on any atom is -0.212 e. The van der Waals surface area contributed by atoms with Crippen molar-refractivity contribution in [3.05, 3.63) is 35.4 Å². The van der Waals surface area contributed by atoms with Gasteiger partial charge in [-0.3, -0.25) is 0 Å². The Kier molecular flexibility index (Phi) is 4.07. The number of rotatable bonds is 3. The molecule has 1 saturated heterocycles. The van der Waals surface area contributed by atoms with Gasteiger partial charge < -0.3 is 0 Å². The van der Waals surface area contributed by atoms with Crippen LogP contribution in [0, 0.1) is 12.8 Å². The first-order chi connectivity index (χ1) is 8.47. The summed E-state index contributed by atoms with van der Waals surface area (Å²) in [5.41, 5.74) is 2.03. The Labute approximate surface area is 110 Å². The van der Waals surface area contributed by atoms with Crippen LogP contribution in [0.5, 0.6) is 0 Å². The Morgan fingerprint density at radius 1 is 1.28 bits per heavy atom.